The number of Topliss-reactive ketones (excluding diaryl/α,β-unsaturated/α-hetero) is 1. The summed E-state index contributed by atoms with van der Waals surface area (Å²) in [7, 11) is 1.31. The molecule has 0 unspecified atom stereocenters. The highest BCUT2D eigenvalue weighted by Crippen LogP contribution is 2.33. The van der Waals surface area contributed by atoms with Crippen LogP contribution in [0.25, 0.3) is 0 Å². The number of amides is 3. The summed E-state index contributed by atoms with van der Waals surface area (Å²) in [6, 6.07) is -3.49. The van der Waals surface area contributed by atoms with Gasteiger partial charge in [-0.25, -0.2) is 0 Å². The van der Waals surface area contributed by atoms with E-state index in [4.69, 9.17) is 27.9 Å². The number of hydrogen-bond donors (Lipinski definition) is 4. The maximum Gasteiger partial charge on any atom is 0.452 e. The van der Waals surface area contributed by atoms with Crippen molar-refractivity contribution in [1.29, 1.82) is 0 Å². The summed E-state index contributed by atoms with van der Waals surface area (Å²) in [5.74, 6) is -12.1. The molecular weight excluding hydrogens is 628 g/mol. The van der Waals surface area contributed by atoms with Crippen LogP contribution in [0.1, 0.15) is 26.3 Å². The van der Waals surface area contributed by atoms with Crippen molar-refractivity contribution in [2.24, 2.45) is 5.92 Å². The number of nitrogens with one attached hydrogen (secondary N) is 3. The minimum absolute atomic E-state index is 0.0727. The largest absolute Gasteiger partial charge is 0.497 e. The van der Waals surface area contributed by atoms with E-state index in [9.17, 15) is 46.2 Å². The average Bonchev–Trinajstić information content (AvgIpc) is 2.93. The van der Waals surface area contributed by atoms with Gasteiger partial charge in [0.15, 0.2) is 0 Å². The fourth-order valence-corrected chi connectivity index (χ4v) is 3.65. The van der Waals surface area contributed by atoms with Crippen molar-refractivity contribution in [2.45, 2.75) is 51.0 Å². The van der Waals surface area contributed by atoms with E-state index in [-0.39, 0.29) is 21.4 Å². The summed E-state index contributed by atoms with van der Waals surface area (Å²) >= 11 is 11.5. The third-order valence-corrected chi connectivity index (χ3v) is 6.54. The van der Waals surface area contributed by atoms with Crippen molar-refractivity contribution in [3.05, 3.63) is 69.9 Å². The van der Waals surface area contributed by atoms with E-state index >= 15 is 0 Å². The summed E-state index contributed by atoms with van der Waals surface area (Å²) < 4.78 is 74.1. The topological polar surface area (TPSA) is 134 Å². The molecule has 16 heteroatoms. The van der Waals surface area contributed by atoms with Gasteiger partial charge in [-0.1, -0.05) is 55.8 Å². The third kappa shape index (κ3) is 10.3. The Bertz CT molecular complexity index is 1280. The molecule has 1 rings (SSSR count). The zero-order chi connectivity index (χ0) is 33.3. The third-order valence-electron chi connectivity index (χ3n) is 5.80. The molecule has 43 heavy (non-hydrogen) atoms. The number of hydrogen-bond acceptors (Lipinski definition) is 6. The van der Waals surface area contributed by atoms with Crippen molar-refractivity contribution in [3.63, 3.8) is 0 Å². The van der Waals surface area contributed by atoms with E-state index in [1.807, 2.05) is 10.6 Å². The Hall–Kier alpha value is -3.49. The van der Waals surface area contributed by atoms with Gasteiger partial charge in [0, 0.05) is 5.56 Å². The Morgan fingerprint density at radius 1 is 1.00 bits per heavy atom. The molecule has 0 saturated heterocycles. The second kappa shape index (κ2) is 15.8. The van der Waals surface area contributed by atoms with Crippen LogP contribution in [0.15, 0.2) is 54.3 Å². The quantitative estimate of drug-likeness (QED) is 0.136. The fourth-order valence-electron chi connectivity index (χ4n) is 3.35. The molecule has 0 aromatic heterocycles. The standard InChI is InChI=1S/C27H30Cl2F5N3O6/c1-6-16(43-5)9-7-14(4)21(24(41)36-20(13(2)3)22(39)27(32,33)34)37-23(40)19(12-38)35-25(42)26(30,31)15-8-10-17(28)18(29)11-15/h6-11,13,19-21,38H,4,12H2,1-3,5H3,(H,35,42)(H,36,41)(H,37,40)/b9-7-,16-6+/t19-,20-,21-/m0/s1. The van der Waals surface area contributed by atoms with Crippen LogP contribution in [0.4, 0.5) is 22.0 Å². The first-order chi connectivity index (χ1) is 19.8. The molecule has 0 radical (unpaired) electrons. The molecule has 3 amide bonds. The van der Waals surface area contributed by atoms with Crippen molar-refractivity contribution in [2.75, 3.05) is 13.7 Å². The van der Waals surface area contributed by atoms with Gasteiger partial charge in [0.25, 0.3) is 11.7 Å². The number of halogens is 7. The number of methoxy groups -OCH3 is 1. The maximum atomic E-state index is 14.8. The number of benzene rings is 1. The number of allylic oxidation sites excluding steroid dienone is 2. The SMILES string of the molecule is C=C(/C=C\C(=C/C)OC)[C@H](NC(=O)[C@H](CO)NC(=O)C(F)(F)c1ccc(Cl)c(Cl)c1)C(=O)N[C@H](C(=O)C(F)(F)F)C(C)C. The number of carbonyl (C=O) groups excluding carboxylic acids is 4. The second-order valence-electron chi connectivity index (χ2n) is 9.25. The highest BCUT2D eigenvalue weighted by atomic mass is 35.5. The predicted octanol–water partition coefficient (Wildman–Crippen LogP) is 3.98. The zero-order valence-corrected chi connectivity index (χ0v) is 24.8. The van der Waals surface area contributed by atoms with Crippen LogP contribution in [0.2, 0.25) is 10.0 Å². The maximum absolute atomic E-state index is 14.8. The number of alkyl halides is 5. The summed E-state index contributed by atoms with van der Waals surface area (Å²) in [6.07, 6.45) is -1.36. The van der Waals surface area contributed by atoms with Crippen LogP contribution in [0, 0.1) is 5.92 Å². The zero-order valence-electron chi connectivity index (χ0n) is 23.3. The summed E-state index contributed by atoms with van der Waals surface area (Å²) in [6.45, 7) is 6.44. The smallest absolute Gasteiger partial charge is 0.452 e. The number of rotatable bonds is 14. The van der Waals surface area contributed by atoms with Gasteiger partial charge in [-0.15, -0.1) is 0 Å². The Kier molecular flexibility index (Phi) is 13.8. The van der Waals surface area contributed by atoms with E-state index in [0.29, 0.717) is 0 Å². The lowest BCUT2D eigenvalue weighted by molar-refractivity contribution is -0.175. The molecule has 0 saturated carbocycles. The average molecular weight is 658 g/mol. The Balaban J connectivity index is 3.33. The number of aliphatic hydroxyl groups excluding tert-OH is 1. The van der Waals surface area contributed by atoms with Crippen LogP contribution in [0.5, 0.6) is 0 Å². The second-order valence-corrected chi connectivity index (χ2v) is 10.1. The van der Waals surface area contributed by atoms with Crippen molar-refractivity contribution in [1.82, 2.24) is 16.0 Å². The molecule has 1 aromatic carbocycles. The van der Waals surface area contributed by atoms with E-state index in [1.54, 1.807) is 12.2 Å². The monoisotopic (exact) mass is 657 g/mol. The Morgan fingerprint density at radius 3 is 2.07 bits per heavy atom. The van der Waals surface area contributed by atoms with Crippen LogP contribution >= 0.6 is 23.2 Å². The highest BCUT2D eigenvalue weighted by molar-refractivity contribution is 6.42. The van der Waals surface area contributed by atoms with Gasteiger partial charge in [0.05, 0.1) is 29.8 Å². The molecule has 0 heterocycles. The highest BCUT2D eigenvalue weighted by Gasteiger charge is 2.46. The number of carbonyl (C=O) groups is 4. The minimum Gasteiger partial charge on any atom is -0.497 e. The van der Waals surface area contributed by atoms with Crippen LogP contribution in [-0.4, -0.2) is 66.6 Å². The molecule has 3 atom stereocenters. The molecule has 9 nitrogen and oxygen atoms in total. The molecule has 238 valence electrons. The van der Waals surface area contributed by atoms with E-state index in [2.05, 4.69) is 6.58 Å². The van der Waals surface area contributed by atoms with Crippen LogP contribution in [0.3, 0.4) is 0 Å². The summed E-state index contributed by atoms with van der Waals surface area (Å²) in [4.78, 5) is 50.4. The Morgan fingerprint density at radius 2 is 1.60 bits per heavy atom. The predicted molar refractivity (Wildman–Crippen MR) is 148 cm³/mol. The Labute approximate surface area is 254 Å². The molecule has 0 fully saturated rings. The van der Waals surface area contributed by atoms with Crippen molar-refractivity contribution >= 4 is 46.7 Å². The van der Waals surface area contributed by atoms with Gasteiger partial charge in [-0.2, -0.15) is 22.0 Å². The van der Waals surface area contributed by atoms with Crippen LogP contribution < -0.4 is 16.0 Å². The lowest BCUT2D eigenvalue weighted by Gasteiger charge is -2.27. The lowest BCUT2D eigenvalue weighted by atomic mass is 9.98. The van der Waals surface area contributed by atoms with E-state index in [1.165, 1.54) is 33.1 Å². The first-order valence-electron chi connectivity index (χ1n) is 12.4. The first-order valence-corrected chi connectivity index (χ1v) is 13.1. The number of ketones is 1. The molecule has 0 aliphatic carbocycles. The normalized spacial score (nSPS) is 14.6. The number of ether oxygens (including phenoxy) is 1. The molecule has 4 N–H and O–H groups in total. The van der Waals surface area contributed by atoms with Crippen molar-refractivity contribution in [3.8, 4) is 0 Å². The van der Waals surface area contributed by atoms with Gasteiger partial charge >= 0.3 is 12.1 Å². The molecular formula is C27H30Cl2F5N3O6. The molecule has 0 bridgehead atoms. The van der Waals surface area contributed by atoms with Gasteiger partial charge in [-0.3, -0.25) is 19.2 Å². The molecule has 0 aliphatic heterocycles. The van der Waals surface area contributed by atoms with Gasteiger partial charge in [0.2, 0.25) is 11.8 Å². The molecule has 0 spiro atoms. The van der Waals surface area contributed by atoms with Crippen LogP contribution in [-0.2, 0) is 29.8 Å². The van der Waals surface area contributed by atoms with Gasteiger partial charge < -0.3 is 25.8 Å². The minimum atomic E-state index is -5.30. The first kappa shape index (κ1) is 37.5. The molecule has 0 aliphatic rings. The van der Waals surface area contributed by atoms with Gasteiger partial charge in [0.1, 0.15) is 17.8 Å². The molecule has 1 aromatic rings. The number of aliphatic hydroxyl groups is 1. The van der Waals surface area contributed by atoms with Gasteiger partial charge in [-0.05, 0) is 42.7 Å². The lowest BCUT2D eigenvalue weighted by Crippen LogP contribution is -2.59. The summed E-state index contributed by atoms with van der Waals surface area (Å²) in [5, 5.41) is 14.9. The summed E-state index contributed by atoms with van der Waals surface area (Å²) in [5.41, 5.74) is -1.15. The van der Waals surface area contributed by atoms with E-state index < -0.39 is 71.8 Å². The van der Waals surface area contributed by atoms with Crippen molar-refractivity contribution < 1.29 is 51.0 Å². The fraction of sp³-hybridized carbons (Fsp3) is 0.407. The van der Waals surface area contributed by atoms with E-state index in [0.717, 1.165) is 24.3 Å².